The van der Waals surface area contributed by atoms with E-state index in [0.717, 1.165) is 5.56 Å². The first kappa shape index (κ1) is 16.1. The van der Waals surface area contributed by atoms with Crippen molar-refractivity contribution in [1.29, 1.82) is 0 Å². The zero-order chi connectivity index (χ0) is 16.5. The molecule has 0 saturated carbocycles. The van der Waals surface area contributed by atoms with Crippen LogP contribution >= 0.6 is 0 Å². The van der Waals surface area contributed by atoms with Crippen LogP contribution in [0.5, 0.6) is 0 Å². The van der Waals surface area contributed by atoms with Crippen LogP contribution in [0.4, 0.5) is 0 Å². The van der Waals surface area contributed by atoms with E-state index in [4.69, 9.17) is 0 Å². The van der Waals surface area contributed by atoms with Gasteiger partial charge in [-0.2, -0.15) is 19.7 Å². The van der Waals surface area contributed by atoms with Crippen LogP contribution in [-0.4, -0.2) is 46.3 Å². The second-order valence-corrected chi connectivity index (χ2v) is 7.70. The van der Waals surface area contributed by atoms with E-state index in [1.165, 1.54) is 10.5 Å². The van der Waals surface area contributed by atoms with E-state index in [2.05, 4.69) is 15.4 Å². The smallest absolute Gasteiger partial charge is 0.243 e. The van der Waals surface area contributed by atoms with Gasteiger partial charge in [-0.3, -0.25) is 0 Å². The van der Waals surface area contributed by atoms with Crippen molar-refractivity contribution in [3.8, 4) is 0 Å². The molecule has 1 unspecified atom stereocenters. The third-order valence-electron chi connectivity index (χ3n) is 4.30. The fraction of sp³-hybridized carbons (Fsp3) is 0.467. The van der Waals surface area contributed by atoms with Gasteiger partial charge < -0.3 is 5.11 Å². The number of benzene rings is 1. The highest BCUT2D eigenvalue weighted by Gasteiger charge is 2.41. The maximum Gasteiger partial charge on any atom is 0.243 e. The number of aryl methyl sites for hydroxylation is 1. The minimum Gasteiger partial charge on any atom is -0.382 e. The number of H-pyrrole nitrogens is 1. The van der Waals surface area contributed by atoms with Crippen LogP contribution in [0, 0.1) is 0 Å². The molecule has 124 valence electrons. The zero-order valence-electron chi connectivity index (χ0n) is 12.9. The quantitative estimate of drug-likeness (QED) is 0.869. The average Bonchev–Trinajstić information content (AvgIpc) is 3.10. The second-order valence-electron chi connectivity index (χ2n) is 5.79. The number of rotatable bonds is 4. The van der Waals surface area contributed by atoms with E-state index in [9.17, 15) is 13.5 Å². The largest absolute Gasteiger partial charge is 0.382 e. The van der Waals surface area contributed by atoms with Crippen LogP contribution < -0.4 is 0 Å². The first-order valence-corrected chi connectivity index (χ1v) is 9.08. The highest BCUT2D eigenvalue weighted by molar-refractivity contribution is 7.89. The summed E-state index contributed by atoms with van der Waals surface area (Å²) in [6.45, 7) is 2.30. The van der Waals surface area contributed by atoms with Gasteiger partial charge in [0.25, 0.3) is 0 Å². The summed E-state index contributed by atoms with van der Waals surface area (Å²) in [6, 6.07) is 7.00. The number of hydrogen-bond donors (Lipinski definition) is 2. The monoisotopic (exact) mass is 336 g/mol. The zero-order valence-corrected chi connectivity index (χ0v) is 13.8. The molecule has 0 bridgehead atoms. The van der Waals surface area contributed by atoms with Crippen molar-refractivity contribution in [3.05, 3.63) is 41.7 Å². The van der Waals surface area contributed by atoms with Crippen LogP contribution in [0.15, 0.2) is 35.4 Å². The Morgan fingerprint density at radius 3 is 2.87 bits per heavy atom. The van der Waals surface area contributed by atoms with Crippen LogP contribution in [0.1, 0.15) is 31.0 Å². The van der Waals surface area contributed by atoms with Crippen molar-refractivity contribution < 1.29 is 13.5 Å². The van der Waals surface area contributed by atoms with Crippen LogP contribution in [-0.2, 0) is 22.0 Å². The SMILES string of the molecule is CCc1ccccc1S(=O)(=O)N1CCCC(O)(c2cn[nH]n2)C1. The Morgan fingerprint density at radius 2 is 2.17 bits per heavy atom. The van der Waals surface area contributed by atoms with Crippen molar-refractivity contribution in [2.24, 2.45) is 0 Å². The number of aromatic nitrogens is 3. The maximum absolute atomic E-state index is 13.0. The lowest BCUT2D eigenvalue weighted by Crippen LogP contribution is -2.48. The van der Waals surface area contributed by atoms with Crippen LogP contribution in [0.2, 0.25) is 0 Å². The van der Waals surface area contributed by atoms with Gasteiger partial charge in [-0.1, -0.05) is 25.1 Å². The summed E-state index contributed by atoms with van der Waals surface area (Å²) in [5, 5.41) is 20.9. The van der Waals surface area contributed by atoms with Gasteiger partial charge in [-0.15, -0.1) is 0 Å². The van der Waals surface area contributed by atoms with Crippen molar-refractivity contribution in [1.82, 2.24) is 19.7 Å². The number of β-amino-alcohol motifs (C(OH)–C–C–N with tert-alkyl or cyclic N) is 1. The predicted molar refractivity (Wildman–Crippen MR) is 84.1 cm³/mol. The molecule has 1 atom stereocenters. The Balaban J connectivity index is 1.94. The summed E-state index contributed by atoms with van der Waals surface area (Å²) in [5.74, 6) is 0. The van der Waals surface area contributed by atoms with E-state index in [-0.39, 0.29) is 6.54 Å². The molecule has 1 aliphatic heterocycles. The van der Waals surface area contributed by atoms with Gasteiger partial charge in [0.2, 0.25) is 10.0 Å². The molecule has 2 aromatic rings. The summed E-state index contributed by atoms with van der Waals surface area (Å²) < 4.78 is 27.3. The summed E-state index contributed by atoms with van der Waals surface area (Å²) in [4.78, 5) is 0.312. The van der Waals surface area contributed by atoms with Crippen LogP contribution in [0.3, 0.4) is 0 Å². The molecule has 0 aliphatic carbocycles. The lowest BCUT2D eigenvalue weighted by Gasteiger charge is -2.37. The van der Waals surface area contributed by atoms with Crippen molar-refractivity contribution in [3.63, 3.8) is 0 Å². The molecule has 1 aliphatic rings. The molecule has 1 aromatic carbocycles. The lowest BCUT2D eigenvalue weighted by molar-refractivity contribution is -0.0161. The van der Waals surface area contributed by atoms with E-state index in [1.807, 2.05) is 19.1 Å². The number of aliphatic hydroxyl groups is 1. The Morgan fingerprint density at radius 1 is 1.39 bits per heavy atom. The molecule has 8 heteroatoms. The van der Waals surface area contributed by atoms with E-state index in [0.29, 0.717) is 36.4 Å². The van der Waals surface area contributed by atoms with Crippen molar-refractivity contribution >= 4 is 10.0 Å². The molecule has 0 amide bonds. The molecule has 1 saturated heterocycles. The molecule has 0 spiro atoms. The first-order chi connectivity index (χ1) is 11.0. The second kappa shape index (κ2) is 6.03. The lowest BCUT2D eigenvalue weighted by atomic mass is 9.91. The summed E-state index contributed by atoms with van der Waals surface area (Å²) in [7, 11) is -3.65. The topological polar surface area (TPSA) is 99.2 Å². The Labute approximate surface area is 135 Å². The van der Waals surface area contributed by atoms with Crippen molar-refractivity contribution in [2.45, 2.75) is 36.7 Å². The molecule has 3 rings (SSSR count). The Bertz CT molecular complexity index is 776. The number of piperidine rings is 1. The molecule has 1 fully saturated rings. The Hall–Kier alpha value is -1.77. The molecular formula is C15H20N4O3S. The summed E-state index contributed by atoms with van der Waals surface area (Å²) in [6.07, 6.45) is 3.10. The van der Waals surface area contributed by atoms with Gasteiger partial charge in [0.05, 0.1) is 11.1 Å². The first-order valence-electron chi connectivity index (χ1n) is 7.64. The molecule has 0 radical (unpaired) electrons. The molecule has 23 heavy (non-hydrogen) atoms. The minimum atomic E-state index is -3.65. The van der Waals surface area contributed by atoms with Gasteiger partial charge in [-0.05, 0) is 30.9 Å². The molecule has 2 heterocycles. The standard InChI is InChI=1S/C15H20N4O3S/c1-2-12-6-3-4-7-13(12)23(21,22)19-9-5-8-15(20,11-19)14-10-16-18-17-14/h3-4,6-7,10,20H,2,5,8-9,11H2,1H3,(H,16,17,18). The average molecular weight is 336 g/mol. The summed E-state index contributed by atoms with van der Waals surface area (Å²) in [5.41, 5.74) is -0.149. The third-order valence-corrected chi connectivity index (χ3v) is 6.24. The fourth-order valence-electron chi connectivity index (χ4n) is 3.02. The molecule has 1 aromatic heterocycles. The number of nitrogens with one attached hydrogen (secondary N) is 1. The number of aromatic amines is 1. The number of sulfonamides is 1. The highest BCUT2D eigenvalue weighted by atomic mass is 32.2. The maximum atomic E-state index is 13.0. The third kappa shape index (κ3) is 2.89. The normalized spacial score (nSPS) is 23.0. The molecular weight excluding hydrogens is 316 g/mol. The summed E-state index contributed by atoms with van der Waals surface area (Å²) >= 11 is 0. The highest BCUT2D eigenvalue weighted by Crippen LogP contribution is 2.33. The number of nitrogens with zero attached hydrogens (tertiary/aromatic N) is 3. The van der Waals surface area contributed by atoms with Crippen LogP contribution in [0.25, 0.3) is 0 Å². The number of hydrogen-bond acceptors (Lipinski definition) is 5. The van der Waals surface area contributed by atoms with Crippen molar-refractivity contribution in [2.75, 3.05) is 13.1 Å². The predicted octanol–water partition coefficient (Wildman–Crippen LogP) is 1.04. The van der Waals surface area contributed by atoms with E-state index < -0.39 is 15.6 Å². The molecule has 7 nitrogen and oxygen atoms in total. The minimum absolute atomic E-state index is 0.0140. The molecule has 2 N–H and O–H groups in total. The van der Waals surface area contributed by atoms with Gasteiger partial charge in [-0.25, -0.2) is 8.42 Å². The van der Waals surface area contributed by atoms with E-state index in [1.54, 1.807) is 12.1 Å². The van der Waals surface area contributed by atoms with Gasteiger partial charge in [0.15, 0.2) is 0 Å². The van der Waals surface area contributed by atoms with Gasteiger partial charge >= 0.3 is 0 Å². The fourth-order valence-corrected chi connectivity index (χ4v) is 4.85. The van der Waals surface area contributed by atoms with E-state index >= 15 is 0 Å². The van der Waals surface area contributed by atoms with Gasteiger partial charge in [0, 0.05) is 13.1 Å². The van der Waals surface area contributed by atoms with Gasteiger partial charge in [0.1, 0.15) is 11.3 Å². The Kier molecular flexibility index (Phi) is 4.22.